The van der Waals surface area contributed by atoms with Crippen LogP contribution in [0.3, 0.4) is 0 Å². The van der Waals surface area contributed by atoms with Crippen LogP contribution >= 0.6 is 11.3 Å². The fraction of sp³-hybridized carbons (Fsp3) is 0.600. The monoisotopic (exact) mass is 292 g/mol. The third-order valence-electron chi connectivity index (χ3n) is 3.32. The van der Waals surface area contributed by atoms with Crippen molar-refractivity contribution in [1.82, 2.24) is 9.97 Å². The van der Waals surface area contributed by atoms with E-state index in [1.807, 2.05) is 0 Å². The van der Waals surface area contributed by atoms with E-state index < -0.39 is 0 Å². The van der Waals surface area contributed by atoms with Gasteiger partial charge in [-0.3, -0.25) is 0 Å². The van der Waals surface area contributed by atoms with Crippen LogP contribution in [-0.4, -0.2) is 22.6 Å². The molecular weight excluding hydrogens is 268 g/mol. The van der Waals surface area contributed by atoms with Crippen molar-refractivity contribution < 1.29 is 0 Å². The van der Waals surface area contributed by atoms with Gasteiger partial charge >= 0.3 is 0 Å². The summed E-state index contributed by atoms with van der Waals surface area (Å²) < 4.78 is 0. The summed E-state index contributed by atoms with van der Waals surface area (Å²) in [4.78, 5) is 11.6. The minimum Gasteiger partial charge on any atom is -0.367 e. The fourth-order valence-corrected chi connectivity index (χ4v) is 3.19. The topological polar surface area (TPSA) is 49.8 Å². The Hall–Kier alpha value is -1.36. The van der Waals surface area contributed by atoms with Crippen molar-refractivity contribution in [2.45, 2.75) is 53.0 Å². The predicted octanol–water partition coefficient (Wildman–Crippen LogP) is 4.42. The minimum atomic E-state index is 0.479. The molecule has 110 valence electrons. The van der Waals surface area contributed by atoms with Crippen LogP contribution in [0.15, 0.2) is 6.07 Å². The Balaban J connectivity index is 2.37. The zero-order valence-electron chi connectivity index (χ0n) is 12.8. The van der Waals surface area contributed by atoms with Crippen LogP contribution in [0.2, 0.25) is 0 Å². The number of aromatic nitrogens is 2. The van der Waals surface area contributed by atoms with Crippen molar-refractivity contribution >= 4 is 33.3 Å². The van der Waals surface area contributed by atoms with Crippen molar-refractivity contribution in [3.8, 4) is 0 Å². The van der Waals surface area contributed by atoms with Gasteiger partial charge in [-0.25, -0.2) is 4.98 Å². The second-order valence-electron chi connectivity index (χ2n) is 5.04. The van der Waals surface area contributed by atoms with E-state index >= 15 is 0 Å². The van der Waals surface area contributed by atoms with Gasteiger partial charge in [0.2, 0.25) is 5.95 Å². The lowest BCUT2D eigenvalue weighted by atomic mass is 10.1. The quantitative estimate of drug-likeness (QED) is 0.793. The van der Waals surface area contributed by atoms with Gasteiger partial charge in [-0.15, -0.1) is 11.3 Å². The van der Waals surface area contributed by atoms with Crippen LogP contribution in [0.25, 0.3) is 10.2 Å². The molecule has 2 heterocycles. The molecule has 2 aromatic rings. The molecule has 1 unspecified atom stereocenters. The normalized spacial score (nSPS) is 12.6. The van der Waals surface area contributed by atoms with Gasteiger partial charge in [-0.05, 0) is 32.8 Å². The predicted molar refractivity (Wildman–Crippen MR) is 88.9 cm³/mol. The minimum absolute atomic E-state index is 0.479. The summed E-state index contributed by atoms with van der Waals surface area (Å²) in [6.07, 6.45) is 3.46. The lowest BCUT2D eigenvalue weighted by Gasteiger charge is -2.17. The number of nitrogens with zero attached hydrogens (tertiary/aromatic N) is 2. The molecule has 0 aliphatic rings. The van der Waals surface area contributed by atoms with E-state index in [4.69, 9.17) is 0 Å². The molecule has 0 aromatic carbocycles. The number of nitrogens with one attached hydrogen (secondary N) is 2. The van der Waals surface area contributed by atoms with Crippen LogP contribution in [0.5, 0.6) is 0 Å². The Morgan fingerprint density at radius 2 is 2.05 bits per heavy atom. The Morgan fingerprint density at radius 3 is 2.70 bits per heavy atom. The maximum Gasteiger partial charge on any atom is 0.226 e. The average molecular weight is 292 g/mol. The van der Waals surface area contributed by atoms with Gasteiger partial charge in [0.1, 0.15) is 10.6 Å². The summed E-state index contributed by atoms with van der Waals surface area (Å²) >= 11 is 1.72. The molecular formula is C15H24N4S. The van der Waals surface area contributed by atoms with Crippen LogP contribution in [0.4, 0.5) is 11.8 Å². The third-order valence-corrected chi connectivity index (χ3v) is 4.27. The lowest BCUT2D eigenvalue weighted by Crippen LogP contribution is -2.19. The zero-order valence-corrected chi connectivity index (χ0v) is 13.6. The highest BCUT2D eigenvalue weighted by molar-refractivity contribution is 7.18. The zero-order chi connectivity index (χ0) is 14.5. The SMILES string of the molecule is CCCC(CC)Nc1nc(NCC)nc2sc(C)cc12. The second-order valence-corrected chi connectivity index (χ2v) is 6.27. The first-order valence-electron chi connectivity index (χ1n) is 7.46. The molecule has 0 fully saturated rings. The first-order valence-corrected chi connectivity index (χ1v) is 8.28. The number of fused-ring (bicyclic) bond motifs is 1. The largest absolute Gasteiger partial charge is 0.367 e. The molecule has 0 radical (unpaired) electrons. The van der Waals surface area contributed by atoms with Crippen LogP contribution < -0.4 is 10.6 Å². The van der Waals surface area contributed by atoms with E-state index in [1.165, 1.54) is 17.7 Å². The Bertz CT molecular complexity index is 564. The van der Waals surface area contributed by atoms with E-state index in [0.717, 1.165) is 34.9 Å². The Kier molecular flexibility index (Phi) is 5.17. The highest BCUT2D eigenvalue weighted by Gasteiger charge is 2.13. The van der Waals surface area contributed by atoms with Crippen LogP contribution in [-0.2, 0) is 0 Å². The van der Waals surface area contributed by atoms with Crippen molar-refractivity contribution in [3.05, 3.63) is 10.9 Å². The van der Waals surface area contributed by atoms with E-state index in [2.05, 4.69) is 54.4 Å². The summed E-state index contributed by atoms with van der Waals surface area (Å²) in [6, 6.07) is 2.66. The fourth-order valence-electron chi connectivity index (χ4n) is 2.31. The van der Waals surface area contributed by atoms with Crippen molar-refractivity contribution in [2.75, 3.05) is 17.2 Å². The molecule has 0 aliphatic heterocycles. The Morgan fingerprint density at radius 1 is 1.25 bits per heavy atom. The highest BCUT2D eigenvalue weighted by Crippen LogP contribution is 2.30. The van der Waals surface area contributed by atoms with E-state index in [9.17, 15) is 0 Å². The highest BCUT2D eigenvalue weighted by atomic mass is 32.1. The van der Waals surface area contributed by atoms with Gasteiger partial charge < -0.3 is 10.6 Å². The molecule has 0 bridgehead atoms. The number of thiophene rings is 1. The molecule has 20 heavy (non-hydrogen) atoms. The summed E-state index contributed by atoms with van der Waals surface area (Å²) in [5.74, 6) is 1.69. The average Bonchev–Trinajstić information content (AvgIpc) is 2.79. The molecule has 5 heteroatoms. The lowest BCUT2D eigenvalue weighted by molar-refractivity contribution is 0.621. The summed E-state index contributed by atoms with van der Waals surface area (Å²) in [6.45, 7) is 9.45. The van der Waals surface area contributed by atoms with Crippen LogP contribution in [0, 0.1) is 6.92 Å². The number of hydrogen-bond donors (Lipinski definition) is 2. The third kappa shape index (κ3) is 3.39. The molecule has 1 atom stereocenters. The van der Waals surface area contributed by atoms with Crippen LogP contribution in [0.1, 0.15) is 44.9 Å². The van der Waals surface area contributed by atoms with Crippen molar-refractivity contribution in [3.63, 3.8) is 0 Å². The molecule has 0 saturated heterocycles. The summed E-state index contributed by atoms with van der Waals surface area (Å²) in [5, 5.41) is 7.96. The van der Waals surface area contributed by atoms with Gasteiger partial charge in [0.25, 0.3) is 0 Å². The van der Waals surface area contributed by atoms with E-state index in [0.29, 0.717) is 6.04 Å². The van der Waals surface area contributed by atoms with Crippen molar-refractivity contribution in [2.24, 2.45) is 0 Å². The van der Waals surface area contributed by atoms with Gasteiger partial charge in [-0.1, -0.05) is 20.3 Å². The number of anilines is 2. The molecule has 0 amide bonds. The van der Waals surface area contributed by atoms with Gasteiger partial charge in [0.05, 0.1) is 5.39 Å². The van der Waals surface area contributed by atoms with Gasteiger partial charge in [0, 0.05) is 17.5 Å². The van der Waals surface area contributed by atoms with E-state index in [1.54, 1.807) is 11.3 Å². The maximum absolute atomic E-state index is 4.65. The van der Waals surface area contributed by atoms with Gasteiger partial charge in [0.15, 0.2) is 0 Å². The smallest absolute Gasteiger partial charge is 0.226 e. The van der Waals surface area contributed by atoms with Crippen molar-refractivity contribution in [1.29, 1.82) is 0 Å². The summed E-state index contributed by atoms with van der Waals surface area (Å²) in [5.41, 5.74) is 0. The Labute approximate surface area is 125 Å². The first-order chi connectivity index (χ1) is 9.67. The maximum atomic E-state index is 4.65. The molecule has 0 aliphatic carbocycles. The number of aryl methyl sites for hydroxylation is 1. The number of rotatable bonds is 7. The molecule has 0 spiro atoms. The second kappa shape index (κ2) is 6.88. The van der Waals surface area contributed by atoms with E-state index in [-0.39, 0.29) is 0 Å². The summed E-state index contributed by atoms with van der Waals surface area (Å²) in [7, 11) is 0. The molecule has 2 aromatic heterocycles. The standard InChI is InChI=1S/C15H24N4S/c1-5-8-11(6-2)17-13-12-9-10(4)20-14(12)19-15(18-13)16-7-3/h9,11H,5-8H2,1-4H3,(H2,16,17,18,19). The first kappa shape index (κ1) is 15.0. The molecule has 4 nitrogen and oxygen atoms in total. The molecule has 0 saturated carbocycles. The molecule has 2 N–H and O–H groups in total. The number of hydrogen-bond acceptors (Lipinski definition) is 5. The molecule has 2 rings (SSSR count). The van der Waals surface area contributed by atoms with Gasteiger partial charge in [-0.2, -0.15) is 4.98 Å².